The van der Waals surface area contributed by atoms with Crippen LogP contribution in [0.5, 0.6) is 0 Å². The van der Waals surface area contributed by atoms with E-state index in [-0.39, 0.29) is 0 Å². The maximum absolute atomic E-state index is 6.12. The molecule has 0 spiro atoms. The van der Waals surface area contributed by atoms with Gasteiger partial charge in [0.1, 0.15) is 0 Å². The summed E-state index contributed by atoms with van der Waals surface area (Å²) in [6.45, 7) is 12.7. The van der Waals surface area contributed by atoms with Gasteiger partial charge in [-0.2, -0.15) is 0 Å². The zero-order chi connectivity index (χ0) is 14.8. The Morgan fingerprint density at radius 1 is 1.05 bits per heavy atom. The Balaban J connectivity index is 1.96. The third-order valence-electron chi connectivity index (χ3n) is 4.37. The number of hydrogen-bond donors (Lipinski definition) is 1. The van der Waals surface area contributed by atoms with Gasteiger partial charge >= 0.3 is 0 Å². The first-order valence-corrected chi connectivity index (χ1v) is 8.86. The summed E-state index contributed by atoms with van der Waals surface area (Å²) < 4.78 is 6.12. The Bertz CT molecular complexity index is 240. The Kier molecular flexibility index (Phi) is 8.79. The number of nitrogens with one attached hydrogen (secondary N) is 1. The van der Waals surface area contributed by atoms with Crippen LogP contribution in [0.15, 0.2) is 0 Å². The van der Waals surface area contributed by atoms with Gasteiger partial charge in [0.05, 0.1) is 6.10 Å². The fourth-order valence-corrected chi connectivity index (χ4v) is 3.64. The number of hydrogen-bond acceptors (Lipinski definition) is 2. The summed E-state index contributed by atoms with van der Waals surface area (Å²) in [6.07, 6.45) is 10.8. The van der Waals surface area contributed by atoms with Crippen LogP contribution < -0.4 is 5.32 Å². The Morgan fingerprint density at radius 3 is 2.50 bits per heavy atom. The molecular formula is C18H37NO. The molecule has 1 fully saturated rings. The Hall–Kier alpha value is -0.0800. The van der Waals surface area contributed by atoms with Crippen LogP contribution in [0.4, 0.5) is 0 Å². The first-order valence-electron chi connectivity index (χ1n) is 8.86. The van der Waals surface area contributed by atoms with E-state index in [9.17, 15) is 0 Å². The van der Waals surface area contributed by atoms with Gasteiger partial charge in [0.25, 0.3) is 0 Å². The first kappa shape index (κ1) is 18.0. The summed E-state index contributed by atoms with van der Waals surface area (Å²) in [5.74, 6) is 0.827. The average Bonchev–Trinajstić information content (AvgIpc) is 2.34. The summed E-state index contributed by atoms with van der Waals surface area (Å²) in [6, 6.07) is 0. The fraction of sp³-hybridized carbons (Fsp3) is 1.00. The van der Waals surface area contributed by atoms with Crippen molar-refractivity contribution in [2.45, 2.75) is 85.2 Å². The van der Waals surface area contributed by atoms with Crippen LogP contribution in [0.25, 0.3) is 0 Å². The normalized spacial score (nSPS) is 25.8. The molecule has 1 aliphatic rings. The molecular weight excluding hydrogens is 246 g/mol. The number of unbranched alkanes of at least 4 members (excludes halogenated alkanes) is 3. The van der Waals surface area contributed by atoms with Crippen molar-refractivity contribution in [3.63, 3.8) is 0 Å². The van der Waals surface area contributed by atoms with Gasteiger partial charge in [-0.1, -0.05) is 40.5 Å². The predicted octanol–water partition coefficient (Wildman–Crippen LogP) is 4.78. The Morgan fingerprint density at radius 2 is 1.80 bits per heavy atom. The largest absolute Gasteiger partial charge is 0.378 e. The molecule has 2 heteroatoms. The van der Waals surface area contributed by atoms with Crippen LogP contribution in [0.2, 0.25) is 0 Å². The molecule has 0 amide bonds. The molecule has 0 heterocycles. The smallest absolute Gasteiger partial charge is 0.0582 e. The minimum Gasteiger partial charge on any atom is -0.378 e. The lowest BCUT2D eigenvalue weighted by Crippen LogP contribution is -2.32. The van der Waals surface area contributed by atoms with Crippen LogP contribution >= 0.6 is 0 Å². The molecule has 0 aliphatic heterocycles. The van der Waals surface area contributed by atoms with Gasteiger partial charge in [-0.05, 0) is 62.9 Å². The van der Waals surface area contributed by atoms with Gasteiger partial charge in [0.15, 0.2) is 0 Å². The van der Waals surface area contributed by atoms with E-state index < -0.39 is 0 Å². The quantitative estimate of drug-likeness (QED) is 0.583. The van der Waals surface area contributed by atoms with Crippen molar-refractivity contribution < 1.29 is 4.74 Å². The second kappa shape index (κ2) is 9.78. The fourth-order valence-electron chi connectivity index (χ4n) is 3.64. The molecule has 1 rings (SSSR count). The summed E-state index contributed by atoms with van der Waals surface area (Å²) in [7, 11) is 0. The van der Waals surface area contributed by atoms with E-state index in [0.29, 0.717) is 11.5 Å². The highest BCUT2D eigenvalue weighted by atomic mass is 16.5. The maximum atomic E-state index is 6.12. The number of rotatable bonds is 10. The van der Waals surface area contributed by atoms with E-state index in [4.69, 9.17) is 4.74 Å². The molecule has 0 aromatic rings. The molecule has 20 heavy (non-hydrogen) atoms. The summed E-state index contributed by atoms with van der Waals surface area (Å²) in [4.78, 5) is 0. The van der Waals surface area contributed by atoms with Crippen LogP contribution in [-0.2, 0) is 4.74 Å². The van der Waals surface area contributed by atoms with Crippen molar-refractivity contribution in [2.24, 2.45) is 11.3 Å². The van der Waals surface area contributed by atoms with Crippen LogP contribution in [0.1, 0.15) is 79.1 Å². The lowest BCUT2D eigenvalue weighted by atomic mass is 9.71. The highest BCUT2D eigenvalue weighted by molar-refractivity contribution is 4.83. The SMILES string of the molecule is CCCNCCCCCCOC1CC(C)CC(C)(C)C1. The van der Waals surface area contributed by atoms with Crippen molar-refractivity contribution in [2.75, 3.05) is 19.7 Å². The molecule has 2 nitrogen and oxygen atoms in total. The second-order valence-corrected chi connectivity index (χ2v) is 7.57. The average molecular weight is 284 g/mol. The van der Waals surface area contributed by atoms with Crippen molar-refractivity contribution in [1.29, 1.82) is 0 Å². The van der Waals surface area contributed by atoms with E-state index in [1.54, 1.807) is 0 Å². The molecule has 0 aromatic carbocycles. The minimum atomic E-state index is 0.479. The lowest BCUT2D eigenvalue weighted by molar-refractivity contribution is -0.0240. The van der Waals surface area contributed by atoms with Gasteiger partial charge in [0.2, 0.25) is 0 Å². The van der Waals surface area contributed by atoms with E-state index >= 15 is 0 Å². The molecule has 1 aliphatic carbocycles. The van der Waals surface area contributed by atoms with Gasteiger partial charge in [-0.15, -0.1) is 0 Å². The molecule has 0 aromatic heterocycles. The molecule has 2 unspecified atom stereocenters. The summed E-state index contributed by atoms with van der Waals surface area (Å²) in [5.41, 5.74) is 0.479. The third kappa shape index (κ3) is 8.26. The van der Waals surface area contributed by atoms with E-state index in [1.807, 2.05) is 0 Å². The van der Waals surface area contributed by atoms with E-state index in [0.717, 1.165) is 12.5 Å². The standard InChI is InChI=1S/C18H37NO/c1-5-10-19-11-8-6-7-9-12-20-17-13-16(2)14-18(3,4)15-17/h16-17,19H,5-15H2,1-4H3. The molecule has 1 saturated carbocycles. The van der Waals surface area contributed by atoms with Crippen molar-refractivity contribution in [3.8, 4) is 0 Å². The third-order valence-corrected chi connectivity index (χ3v) is 4.37. The van der Waals surface area contributed by atoms with Gasteiger partial charge in [-0.3, -0.25) is 0 Å². The van der Waals surface area contributed by atoms with E-state index in [2.05, 4.69) is 33.0 Å². The second-order valence-electron chi connectivity index (χ2n) is 7.57. The van der Waals surface area contributed by atoms with Gasteiger partial charge in [0, 0.05) is 6.61 Å². The zero-order valence-electron chi connectivity index (χ0n) is 14.3. The summed E-state index contributed by atoms with van der Waals surface area (Å²) in [5, 5.41) is 3.46. The highest BCUT2D eigenvalue weighted by Crippen LogP contribution is 2.39. The van der Waals surface area contributed by atoms with Gasteiger partial charge < -0.3 is 10.1 Å². The van der Waals surface area contributed by atoms with Crippen LogP contribution in [0.3, 0.4) is 0 Å². The molecule has 0 radical (unpaired) electrons. The van der Waals surface area contributed by atoms with E-state index in [1.165, 1.54) is 64.5 Å². The van der Waals surface area contributed by atoms with Crippen molar-refractivity contribution >= 4 is 0 Å². The number of ether oxygens (including phenoxy) is 1. The first-order chi connectivity index (χ1) is 9.53. The Labute approximate surface area is 127 Å². The lowest BCUT2D eigenvalue weighted by Gasteiger charge is -2.38. The molecule has 120 valence electrons. The predicted molar refractivity (Wildman–Crippen MR) is 88.2 cm³/mol. The zero-order valence-corrected chi connectivity index (χ0v) is 14.3. The molecule has 1 N–H and O–H groups in total. The summed E-state index contributed by atoms with van der Waals surface area (Å²) >= 11 is 0. The molecule has 0 saturated heterocycles. The monoisotopic (exact) mass is 283 g/mol. The molecule has 2 atom stereocenters. The molecule has 0 bridgehead atoms. The van der Waals surface area contributed by atoms with Crippen LogP contribution in [-0.4, -0.2) is 25.8 Å². The van der Waals surface area contributed by atoms with Crippen molar-refractivity contribution in [3.05, 3.63) is 0 Å². The van der Waals surface area contributed by atoms with Gasteiger partial charge in [-0.25, -0.2) is 0 Å². The minimum absolute atomic E-state index is 0.479. The highest BCUT2D eigenvalue weighted by Gasteiger charge is 2.32. The van der Waals surface area contributed by atoms with Crippen LogP contribution in [0, 0.1) is 11.3 Å². The maximum Gasteiger partial charge on any atom is 0.0582 e. The topological polar surface area (TPSA) is 21.3 Å². The van der Waals surface area contributed by atoms with Crippen molar-refractivity contribution in [1.82, 2.24) is 5.32 Å².